The topological polar surface area (TPSA) is 39.7 Å². The van der Waals surface area contributed by atoms with E-state index in [0.717, 1.165) is 52.4 Å². The van der Waals surface area contributed by atoms with Crippen molar-refractivity contribution in [1.82, 2.24) is 5.32 Å². The molecule has 96 valence electrons. The van der Waals surface area contributed by atoms with Crippen molar-refractivity contribution < 1.29 is 14.2 Å². The van der Waals surface area contributed by atoms with Crippen LogP contribution in [0.15, 0.2) is 0 Å². The Bertz CT molecular complexity index is 149. The Morgan fingerprint density at radius 2 is 2.19 bits per heavy atom. The normalized spacial score (nSPS) is 21.2. The molecular weight excluding hydrogens is 206 g/mol. The average molecular weight is 231 g/mol. The Balaban J connectivity index is 1.77. The molecule has 1 aliphatic rings. The van der Waals surface area contributed by atoms with Gasteiger partial charge in [-0.2, -0.15) is 0 Å². The number of hydrogen-bond acceptors (Lipinski definition) is 4. The zero-order valence-electron chi connectivity index (χ0n) is 10.4. The second kappa shape index (κ2) is 10.0. The van der Waals surface area contributed by atoms with Crippen molar-refractivity contribution >= 4 is 0 Å². The van der Waals surface area contributed by atoms with E-state index in [1.54, 1.807) is 7.11 Å². The molecule has 1 fully saturated rings. The maximum atomic E-state index is 5.58. The number of ether oxygens (including phenoxy) is 3. The summed E-state index contributed by atoms with van der Waals surface area (Å²) in [6.45, 7) is 5.16. The molecular formula is C12H25NO3. The zero-order valence-corrected chi connectivity index (χ0v) is 10.4. The summed E-state index contributed by atoms with van der Waals surface area (Å²) in [5.74, 6) is 0. The first-order chi connectivity index (χ1) is 7.93. The summed E-state index contributed by atoms with van der Waals surface area (Å²) < 4.78 is 16.1. The Morgan fingerprint density at radius 1 is 1.25 bits per heavy atom. The Hall–Kier alpha value is -0.160. The lowest BCUT2D eigenvalue weighted by molar-refractivity contribution is -0.0398. The zero-order chi connectivity index (χ0) is 11.5. The molecule has 0 bridgehead atoms. The third-order valence-corrected chi connectivity index (χ3v) is 2.70. The summed E-state index contributed by atoms with van der Waals surface area (Å²) in [6.07, 6.45) is 5.03. The molecule has 1 saturated heterocycles. The molecule has 1 heterocycles. The predicted molar refractivity (Wildman–Crippen MR) is 63.8 cm³/mol. The maximum Gasteiger partial charge on any atom is 0.0808 e. The molecule has 4 nitrogen and oxygen atoms in total. The summed E-state index contributed by atoms with van der Waals surface area (Å²) >= 11 is 0. The van der Waals surface area contributed by atoms with Crippen molar-refractivity contribution in [2.45, 2.75) is 31.8 Å². The van der Waals surface area contributed by atoms with Gasteiger partial charge in [0.15, 0.2) is 0 Å². The summed E-state index contributed by atoms with van der Waals surface area (Å²) in [4.78, 5) is 0. The van der Waals surface area contributed by atoms with Gasteiger partial charge in [-0.05, 0) is 32.2 Å². The molecule has 1 aliphatic heterocycles. The molecule has 4 heteroatoms. The van der Waals surface area contributed by atoms with Gasteiger partial charge in [0.05, 0.1) is 19.3 Å². The van der Waals surface area contributed by atoms with E-state index in [2.05, 4.69) is 5.32 Å². The quantitative estimate of drug-likeness (QED) is 0.605. The molecule has 0 aromatic carbocycles. The molecule has 0 radical (unpaired) electrons. The smallest absolute Gasteiger partial charge is 0.0808 e. The van der Waals surface area contributed by atoms with Gasteiger partial charge in [0.25, 0.3) is 0 Å². The van der Waals surface area contributed by atoms with Crippen molar-refractivity contribution in [3.63, 3.8) is 0 Å². The second-order valence-electron chi connectivity index (χ2n) is 4.16. The Kier molecular flexibility index (Phi) is 8.71. The SMILES string of the molecule is COCCCNCCOCC1CCCCO1. The predicted octanol–water partition coefficient (Wildman–Crippen LogP) is 1.20. The van der Waals surface area contributed by atoms with E-state index < -0.39 is 0 Å². The molecule has 1 rings (SSSR count). The number of nitrogens with one attached hydrogen (secondary N) is 1. The van der Waals surface area contributed by atoms with Crippen LogP contribution in [-0.4, -0.2) is 52.7 Å². The number of methoxy groups -OCH3 is 1. The van der Waals surface area contributed by atoms with Crippen molar-refractivity contribution in [1.29, 1.82) is 0 Å². The van der Waals surface area contributed by atoms with E-state index in [0.29, 0.717) is 6.10 Å². The van der Waals surface area contributed by atoms with Gasteiger partial charge in [0, 0.05) is 26.9 Å². The maximum absolute atomic E-state index is 5.58. The van der Waals surface area contributed by atoms with E-state index in [1.807, 2.05) is 0 Å². The molecule has 0 aromatic rings. The van der Waals surface area contributed by atoms with Crippen LogP contribution in [0.4, 0.5) is 0 Å². The lowest BCUT2D eigenvalue weighted by Gasteiger charge is -2.22. The largest absolute Gasteiger partial charge is 0.385 e. The van der Waals surface area contributed by atoms with Gasteiger partial charge in [-0.25, -0.2) is 0 Å². The van der Waals surface area contributed by atoms with Gasteiger partial charge >= 0.3 is 0 Å². The number of hydrogen-bond donors (Lipinski definition) is 1. The van der Waals surface area contributed by atoms with Gasteiger partial charge in [-0.3, -0.25) is 0 Å². The summed E-state index contributed by atoms with van der Waals surface area (Å²) in [5.41, 5.74) is 0. The molecule has 1 atom stereocenters. The van der Waals surface area contributed by atoms with Crippen LogP contribution in [0.5, 0.6) is 0 Å². The fourth-order valence-electron chi connectivity index (χ4n) is 1.76. The highest BCUT2D eigenvalue weighted by molar-refractivity contribution is 4.62. The van der Waals surface area contributed by atoms with E-state index >= 15 is 0 Å². The third kappa shape index (κ3) is 7.17. The summed E-state index contributed by atoms with van der Waals surface area (Å²) in [6, 6.07) is 0. The average Bonchev–Trinajstić information content (AvgIpc) is 2.34. The van der Waals surface area contributed by atoms with Crippen LogP contribution in [0, 0.1) is 0 Å². The van der Waals surface area contributed by atoms with E-state index in [4.69, 9.17) is 14.2 Å². The molecule has 0 spiro atoms. The highest BCUT2D eigenvalue weighted by Gasteiger charge is 2.13. The highest BCUT2D eigenvalue weighted by Crippen LogP contribution is 2.12. The van der Waals surface area contributed by atoms with Crippen LogP contribution in [0.25, 0.3) is 0 Å². The van der Waals surface area contributed by atoms with Crippen LogP contribution in [0.1, 0.15) is 25.7 Å². The van der Waals surface area contributed by atoms with Crippen LogP contribution in [0.2, 0.25) is 0 Å². The van der Waals surface area contributed by atoms with E-state index in [1.165, 1.54) is 12.8 Å². The first-order valence-corrected chi connectivity index (χ1v) is 6.32. The minimum atomic E-state index is 0.335. The van der Waals surface area contributed by atoms with Crippen LogP contribution < -0.4 is 5.32 Å². The fourth-order valence-corrected chi connectivity index (χ4v) is 1.76. The minimum absolute atomic E-state index is 0.335. The standard InChI is InChI=1S/C12H25NO3/c1-14-8-4-6-13-7-10-15-11-12-5-2-3-9-16-12/h12-13H,2-11H2,1H3. The van der Waals surface area contributed by atoms with Crippen LogP contribution >= 0.6 is 0 Å². The molecule has 16 heavy (non-hydrogen) atoms. The monoisotopic (exact) mass is 231 g/mol. The first-order valence-electron chi connectivity index (χ1n) is 6.32. The molecule has 0 saturated carbocycles. The van der Waals surface area contributed by atoms with Crippen LogP contribution in [-0.2, 0) is 14.2 Å². The van der Waals surface area contributed by atoms with Crippen molar-refractivity contribution in [2.24, 2.45) is 0 Å². The minimum Gasteiger partial charge on any atom is -0.385 e. The van der Waals surface area contributed by atoms with E-state index in [-0.39, 0.29) is 0 Å². The highest BCUT2D eigenvalue weighted by atomic mass is 16.5. The lowest BCUT2D eigenvalue weighted by Crippen LogP contribution is -2.27. The van der Waals surface area contributed by atoms with Gasteiger partial charge < -0.3 is 19.5 Å². The second-order valence-corrected chi connectivity index (χ2v) is 4.16. The fraction of sp³-hybridized carbons (Fsp3) is 1.00. The van der Waals surface area contributed by atoms with Gasteiger partial charge in [0.1, 0.15) is 0 Å². The van der Waals surface area contributed by atoms with Crippen molar-refractivity contribution in [3.8, 4) is 0 Å². The first kappa shape index (κ1) is 13.9. The molecule has 1 N–H and O–H groups in total. The van der Waals surface area contributed by atoms with Crippen LogP contribution in [0.3, 0.4) is 0 Å². The molecule has 0 aromatic heterocycles. The third-order valence-electron chi connectivity index (χ3n) is 2.70. The van der Waals surface area contributed by atoms with E-state index in [9.17, 15) is 0 Å². The summed E-state index contributed by atoms with van der Waals surface area (Å²) in [7, 11) is 1.73. The molecule has 1 unspecified atom stereocenters. The summed E-state index contributed by atoms with van der Waals surface area (Å²) in [5, 5.41) is 3.31. The van der Waals surface area contributed by atoms with Crippen molar-refractivity contribution in [3.05, 3.63) is 0 Å². The Labute approximate surface area is 98.6 Å². The number of rotatable bonds is 9. The lowest BCUT2D eigenvalue weighted by atomic mass is 10.1. The Morgan fingerprint density at radius 3 is 2.94 bits per heavy atom. The molecule has 0 amide bonds. The van der Waals surface area contributed by atoms with Crippen molar-refractivity contribution in [2.75, 3.05) is 46.6 Å². The van der Waals surface area contributed by atoms with Gasteiger partial charge in [-0.15, -0.1) is 0 Å². The molecule has 0 aliphatic carbocycles. The van der Waals surface area contributed by atoms with Gasteiger partial charge in [0.2, 0.25) is 0 Å². The van der Waals surface area contributed by atoms with Gasteiger partial charge in [-0.1, -0.05) is 0 Å².